The van der Waals surface area contributed by atoms with Crippen molar-refractivity contribution in [3.63, 3.8) is 0 Å². The molecular weight excluding hydrogens is 150 g/mol. The molecule has 1 aliphatic carbocycles. The van der Waals surface area contributed by atoms with E-state index in [1.165, 1.54) is 32.1 Å². The average molecular weight is 169 g/mol. The molecule has 1 rings (SSSR count). The van der Waals surface area contributed by atoms with Gasteiger partial charge in [-0.3, -0.25) is 5.41 Å². The zero-order valence-electron chi connectivity index (χ0n) is 7.84. The van der Waals surface area contributed by atoms with Crippen molar-refractivity contribution < 1.29 is 0 Å². The normalized spacial score (nSPS) is 19.1. The monoisotopic (exact) mass is 169 g/mol. The van der Waals surface area contributed by atoms with Crippen molar-refractivity contribution in [2.24, 2.45) is 11.7 Å². The Kier molecular flexibility index (Phi) is 3.38. The number of nitrogens with two attached hydrogens (primary N) is 1. The molecule has 0 amide bonds. The van der Waals surface area contributed by atoms with Crippen molar-refractivity contribution in [2.45, 2.75) is 32.1 Å². The summed E-state index contributed by atoms with van der Waals surface area (Å²) < 4.78 is 0. The largest absolute Gasteiger partial charge is 0.370 e. The highest BCUT2D eigenvalue weighted by atomic mass is 15.2. The van der Waals surface area contributed by atoms with Gasteiger partial charge in [0.25, 0.3) is 0 Å². The molecule has 3 nitrogen and oxygen atoms in total. The predicted molar refractivity (Wildman–Crippen MR) is 51.1 cm³/mol. The third-order valence-corrected chi connectivity index (χ3v) is 2.67. The van der Waals surface area contributed by atoms with E-state index in [1.807, 2.05) is 11.9 Å². The summed E-state index contributed by atoms with van der Waals surface area (Å²) in [4.78, 5) is 1.84. The minimum absolute atomic E-state index is 0.195. The molecule has 1 fully saturated rings. The Morgan fingerprint density at radius 1 is 1.42 bits per heavy atom. The second-order valence-electron chi connectivity index (χ2n) is 3.77. The Morgan fingerprint density at radius 2 is 2.00 bits per heavy atom. The van der Waals surface area contributed by atoms with Crippen LogP contribution in [0.5, 0.6) is 0 Å². The topological polar surface area (TPSA) is 53.1 Å². The molecule has 0 aromatic heterocycles. The van der Waals surface area contributed by atoms with E-state index in [0.717, 1.165) is 12.5 Å². The zero-order valence-corrected chi connectivity index (χ0v) is 7.84. The van der Waals surface area contributed by atoms with Gasteiger partial charge in [-0.05, 0) is 18.8 Å². The van der Waals surface area contributed by atoms with Crippen LogP contribution in [0, 0.1) is 11.3 Å². The number of hydrogen-bond acceptors (Lipinski definition) is 1. The summed E-state index contributed by atoms with van der Waals surface area (Å²) in [6.07, 6.45) is 6.74. The molecule has 3 heteroatoms. The van der Waals surface area contributed by atoms with Gasteiger partial charge < -0.3 is 10.6 Å². The summed E-state index contributed by atoms with van der Waals surface area (Å²) in [5.41, 5.74) is 5.36. The Bertz CT molecular complexity index is 150. The molecule has 0 saturated heterocycles. The molecule has 0 unspecified atom stereocenters. The first-order valence-corrected chi connectivity index (χ1v) is 4.75. The summed E-state index contributed by atoms with van der Waals surface area (Å²) in [6, 6.07) is 0. The summed E-state index contributed by atoms with van der Waals surface area (Å²) in [7, 11) is 1.90. The second-order valence-corrected chi connectivity index (χ2v) is 3.77. The first kappa shape index (κ1) is 9.36. The van der Waals surface area contributed by atoms with Gasteiger partial charge in [-0.1, -0.05) is 19.3 Å². The van der Waals surface area contributed by atoms with Crippen LogP contribution in [0.2, 0.25) is 0 Å². The van der Waals surface area contributed by atoms with Crippen LogP contribution in [-0.4, -0.2) is 24.5 Å². The van der Waals surface area contributed by atoms with Gasteiger partial charge in [0.2, 0.25) is 0 Å². The molecular formula is C9H19N3. The van der Waals surface area contributed by atoms with Crippen LogP contribution in [-0.2, 0) is 0 Å². The molecule has 3 N–H and O–H groups in total. The van der Waals surface area contributed by atoms with Crippen LogP contribution in [0.25, 0.3) is 0 Å². The van der Waals surface area contributed by atoms with Crippen molar-refractivity contribution in [1.82, 2.24) is 4.90 Å². The van der Waals surface area contributed by atoms with E-state index in [2.05, 4.69) is 0 Å². The third-order valence-electron chi connectivity index (χ3n) is 2.67. The van der Waals surface area contributed by atoms with Crippen LogP contribution in [0.4, 0.5) is 0 Å². The third kappa shape index (κ3) is 2.72. The maximum Gasteiger partial charge on any atom is 0.188 e. The number of nitrogens with zero attached hydrogens (tertiary/aromatic N) is 1. The smallest absolute Gasteiger partial charge is 0.188 e. The van der Waals surface area contributed by atoms with Crippen molar-refractivity contribution >= 4 is 5.96 Å². The van der Waals surface area contributed by atoms with Crippen molar-refractivity contribution in [3.8, 4) is 0 Å². The molecule has 0 aliphatic heterocycles. The van der Waals surface area contributed by atoms with Gasteiger partial charge in [-0.15, -0.1) is 0 Å². The highest BCUT2D eigenvalue weighted by Crippen LogP contribution is 2.23. The summed E-state index contributed by atoms with van der Waals surface area (Å²) >= 11 is 0. The van der Waals surface area contributed by atoms with Crippen molar-refractivity contribution in [3.05, 3.63) is 0 Å². The predicted octanol–water partition coefficient (Wildman–Crippen LogP) is 1.39. The van der Waals surface area contributed by atoms with Crippen LogP contribution >= 0.6 is 0 Å². The molecule has 0 aromatic carbocycles. The van der Waals surface area contributed by atoms with Gasteiger partial charge in [0.15, 0.2) is 5.96 Å². The lowest BCUT2D eigenvalue weighted by Crippen LogP contribution is -2.37. The minimum atomic E-state index is 0.195. The van der Waals surface area contributed by atoms with Crippen molar-refractivity contribution in [1.29, 1.82) is 5.41 Å². The van der Waals surface area contributed by atoms with Crippen molar-refractivity contribution in [2.75, 3.05) is 13.6 Å². The van der Waals surface area contributed by atoms with E-state index in [1.54, 1.807) is 0 Å². The first-order chi connectivity index (χ1) is 5.70. The molecule has 1 aliphatic rings. The quantitative estimate of drug-likeness (QED) is 0.485. The lowest BCUT2D eigenvalue weighted by Gasteiger charge is -2.26. The Hall–Kier alpha value is -0.730. The highest BCUT2D eigenvalue weighted by Gasteiger charge is 2.15. The summed E-state index contributed by atoms with van der Waals surface area (Å²) in [5.74, 6) is 0.966. The van der Waals surface area contributed by atoms with Crippen LogP contribution in [0.1, 0.15) is 32.1 Å². The van der Waals surface area contributed by atoms with Gasteiger partial charge >= 0.3 is 0 Å². The van der Waals surface area contributed by atoms with E-state index >= 15 is 0 Å². The molecule has 70 valence electrons. The number of guanidine groups is 1. The Labute approximate surface area is 74.4 Å². The van der Waals surface area contributed by atoms with Gasteiger partial charge in [0.1, 0.15) is 0 Å². The SMILES string of the molecule is CN(CC1CCCCC1)C(=N)N. The second kappa shape index (κ2) is 4.33. The lowest BCUT2D eigenvalue weighted by atomic mass is 9.89. The van der Waals surface area contributed by atoms with Gasteiger partial charge in [-0.25, -0.2) is 0 Å². The number of rotatable bonds is 2. The molecule has 12 heavy (non-hydrogen) atoms. The summed E-state index contributed by atoms with van der Waals surface area (Å²) in [5, 5.41) is 7.22. The molecule has 0 bridgehead atoms. The molecule has 0 aromatic rings. The van der Waals surface area contributed by atoms with E-state index < -0.39 is 0 Å². The number of nitrogens with one attached hydrogen (secondary N) is 1. The van der Waals surface area contributed by atoms with E-state index in [4.69, 9.17) is 11.1 Å². The minimum Gasteiger partial charge on any atom is -0.370 e. The molecule has 1 saturated carbocycles. The van der Waals surface area contributed by atoms with E-state index in [-0.39, 0.29) is 5.96 Å². The first-order valence-electron chi connectivity index (χ1n) is 4.75. The lowest BCUT2D eigenvalue weighted by molar-refractivity contribution is 0.294. The van der Waals surface area contributed by atoms with Gasteiger partial charge in [-0.2, -0.15) is 0 Å². The van der Waals surface area contributed by atoms with Crippen LogP contribution in [0.15, 0.2) is 0 Å². The van der Waals surface area contributed by atoms with E-state index in [0.29, 0.717) is 0 Å². The molecule has 0 spiro atoms. The molecule has 0 radical (unpaired) electrons. The van der Waals surface area contributed by atoms with Crippen LogP contribution < -0.4 is 5.73 Å². The Balaban J connectivity index is 2.24. The fourth-order valence-electron chi connectivity index (χ4n) is 1.86. The average Bonchev–Trinajstić information content (AvgIpc) is 2.06. The van der Waals surface area contributed by atoms with Gasteiger partial charge in [0.05, 0.1) is 0 Å². The fourth-order valence-corrected chi connectivity index (χ4v) is 1.86. The summed E-state index contributed by atoms with van der Waals surface area (Å²) in [6.45, 7) is 0.968. The number of hydrogen-bond donors (Lipinski definition) is 2. The fraction of sp³-hybridized carbons (Fsp3) is 0.889. The maximum atomic E-state index is 7.22. The zero-order chi connectivity index (χ0) is 8.97. The van der Waals surface area contributed by atoms with E-state index in [9.17, 15) is 0 Å². The van der Waals surface area contributed by atoms with Gasteiger partial charge in [0, 0.05) is 13.6 Å². The van der Waals surface area contributed by atoms with Crippen LogP contribution in [0.3, 0.4) is 0 Å². The molecule has 0 atom stereocenters. The maximum absolute atomic E-state index is 7.22. The molecule has 0 heterocycles. The highest BCUT2D eigenvalue weighted by molar-refractivity contribution is 5.74. The standard InChI is InChI=1S/C9H19N3/c1-12(9(10)11)7-8-5-3-2-4-6-8/h8H,2-7H2,1H3,(H3,10,11). The Morgan fingerprint density at radius 3 is 2.50 bits per heavy atom.